The first kappa shape index (κ1) is 10.7. The predicted molar refractivity (Wildman–Crippen MR) is 57.6 cm³/mol. The largest absolute Gasteiger partial charge is 0.411 e. The minimum absolute atomic E-state index is 0.185. The number of halogens is 3. The van der Waals surface area contributed by atoms with Gasteiger partial charge in [0, 0.05) is 5.25 Å². The standard InChI is InChI=1S/C10H13F3N2S/c11-10(12,13)9(3-4-9)15-8-14-5-7(16-8)6-1-2-6/h6-7H,1-5H2,(H,14,15). The van der Waals surface area contributed by atoms with E-state index in [2.05, 4.69) is 10.3 Å². The maximum atomic E-state index is 12.7. The molecule has 0 saturated heterocycles. The Morgan fingerprint density at radius 3 is 2.50 bits per heavy atom. The lowest BCUT2D eigenvalue weighted by atomic mass is 10.3. The fourth-order valence-electron chi connectivity index (χ4n) is 1.98. The lowest BCUT2D eigenvalue weighted by Gasteiger charge is -2.21. The topological polar surface area (TPSA) is 24.4 Å². The molecule has 0 aromatic carbocycles. The molecule has 0 radical (unpaired) electrons. The average molecular weight is 250 g/mol. The van der Waals surface area contributed by atoms with Gasteiger partial charge in [-0.15, -0.1) is 0 Å². The molecule has 0 spiro atoms. The molecule has 0 bridgehead atoms. The molecule has 2 aliphatic carbocycles. The maximum absolute atomic E-state index is 12.7. The second kappa shape index (κ2) is 3.31. The van der Waals surface area contributed by atoms with Crippen molar-refractivity contribution in [3.8, 4) is 0 Å². The Kier molecular flexibility index (Phi) is 2.22. The number of alkyl halides is 3. The van der Waals surface area contributed by atoms with Crippen molar-refractivity contribution in [1.82, 2.24) is 5.32 Å². The van der Waals surface area contributed by atoms with Crippen LogP contribution in [0.15, 0.2) is 4.99 Å². The third-order valence-corrected chi connectivity index (χ3v) is 4.76. The molecule has 1 atom stereocenters. The normalized spacial score (nSPS) is 32.4. The summed E-state index contributed by atoms with van der Waals surface area (Å²) in [6.45, 7) is 0.686. The minimum Gasteiger partial charge on any atom is -0.351 e. The Morgan fingerprint density at radius 1 is 1.31 bits per heavy atom. The van der Waals surface area contributed by atoms with E-state index < -0.39 is 11.7 Å². The molecule has 2 saturated carbocycles. The first-order valence-corrected chi connectivity index (χ1v) is 6.44. The highest BCUT2D eigenvalue weighted by atomic mass is 32.2. The van der Waals surface area contributed by atoms with Crippen LogP contribution < -0.4 is 5.32 Å². The van der Waals surface area contributed by atoms with Crippen LogP contribution in [0.3, 0.4) is 0 Å². The Labute approximate surface area is 96.1 Å². The van der Waals surface area contributed by atoms with Gasteiger partial charge in [-0.1, -0.05) is 11.8 Å². The molecule has 3 rings (SSSR count). The van der Waals surface area contributed by atoms with Gasteiger partial charge in [0.2, 0.25) is 0 Å². The predicted octanol–water partition coefficient (Wildman–Crippen LogP) is 2.55. The Hall–Kier alpha value is -0.390. The highest BCUT2D eigenvalue weighted by molar-refractivity contribution is 8.14. The van der Waals surface area contributed by atoms with Crippen LogP contribution in [0.1, 0.15) is 25.7 Å². The first-order chi connectivity index (χ1) is 7.50. The van der Waals surface area contributed by atoms with Crippen LogP contribution >= 0.6 is 11.8 Å². The highest BCUT2D eigenvalue weighted by Crippen LogP contribution is 2.50. The Bertz CT molecular complexity index is 331. The molecule has 1 heterocycles. The van der Waals surface area contributed by atoms with Gasteiger partial charge in [-0.3, -0.25) is 4.99 Å². The van der Waals surface area contributed by atoms with E-state index in [4.69, 9.17) is 0 Å². The smallest absolute Gasteiger partial charge is 0.351 e. The summed E-state index contributed by atoms with van der Waals surface area (Å²) < 4.78 is 38.1. The Balaban J connectivity index is 1.60. The van der Waals surface area contributed by atoms with Crippen molar-refractivity contribution in [2.45, 2.75) is 42.6 Å². The zero-order valence-corrected chi connectivity index (χ0v) is 9.50. The molecule has 2 nitrogen and oxygen atoms in total. The van der Waals surface area contributed by atoms with Gasteiger partial charge in [0.15, 0.2) is 5.17 Å². The second-order valence-electron chi connectivity index (χ2n) is 4.84. The molecule has 0 amide bonds. The molecule has 6 heteroatoms. The van der Waals surface area contributed by atoms with E-state index in [1.165, 1.54) is 24.6 Å². The maximum Gasteiger partial charge on any atom is 0.411 e. The summed E-state index contributed by atoms with van der Waals surface area (Å²) in [5.41, 5.74) is -1.66. The molecule has 90 valence electrons. The van der Waals surface area contributed by atoms with Crippen LogP contribution in [0.5, 0.6) is 0 Å². The SMILES string of the molecule is FC(F)(F)C1(NC2=NCC(C3CC3)S2)CC1. The number of nitrogens with one attached hydrogen (secondary N) is 1. The summed E-state index contributed by atoms with van der Waals surface area (Å²) in [6.07, 6.45) is -1.35. The van der Waals surface area contributed by atoms with E-state index in [1.807, 2.05) is 0 Å². The number of nitrogens with zero attached hydrogens (tertiary/aromatic N) is 1. The molecule has 1 unspecified atom stereocenters. The van der Waals surface area contributed by atoms with E-state index in [-0.39, 0.29) is 12.8 Å². The van der Waals surface area contributed by atoms with E-state index in [1.54, 1.807) is 0 Å². The monoisotopic (exact) mass is 250 g/mol. The lowest BCUT2D eigenvalue weighted by Crippen LogP contribution is -2.46. The number of thioether (sulfide) groups is 1. The van der Waals surface area contributed by atoms with Gasteiger partial charge in [-0.25, -0.2) is 0 Å². The lowest BCUT2D eigenvalue weighted by molar-refractivity contribution is -0.161. The van der Waals surface area contributed by atoms with Crippen LogP contribution in [0, 0.1) is 5.92 Å². The summed E-state index contributed by atoms with van der Waals surface area (Å²) in [7, 11) is 0. The minimum atomic E-state index is -4.15. The van der Waals surface area contributed by atoms with Gasteiger partial charge in [-0.05, 0) is 31.6 Å². The van der Waals surface area contributed by atoms with Gasteiger partial charge in [-0.2, -0.15) is 13.2 Å². The van der Waals surface area contributed by atoms with Gasteiger partial charge >= 0.3 is 6.18 Å². The van der Waals surface area contributed by atoms with Crippen molar-refractivity contribution in [2.75, 3.05) is 6.54 Å². The summed E-state index contributed by atoms with van der Waals surface area (Å²) >= 11 is 1.50. The van der Waals surface area contributed by atoms with E-state index in [0.29, 0.717) is 22.9 Å². The fraction of sp³-hybridized carbons (Fsp3) is 0.900. The van der Waals surface area contributed by atoms with Gasteiger partial charge < -0.3 is 5.32 Å². The molecular weight excluding hydrogens is 237 g/mol. The summed E-state index contributed by atoms with van der Waals surface area (Å²) in [6, 6.07) is 0. The molecular formula is C10H13F3N2S. The number of hydrogen-bond acceptors (Lipinski definition) is 3. The van der Waals surface area contributed by atoms with Crippen molar-refractivity contribution in [3.05, 3.63) is 0 Å². The van der Waals surface area contributed by atoms with Gasteiger partial charge in [0.1, 0.15) is 5.54 Å². The van der Waals surface area contributed by atoms with Crippen LogP contribution in [0.4, 0.5) is 13.2 Å². The van der Waals surface area contributed by atoms with Crippen LogP contribution in [0.25, 0.3) is 0 Å². The van der Waals surface area contributed by atoms with Crippen LogP contribution in [-0.2, 0) is 0 Å². The second-order valence-corrected chi connectivity index (χ2v) is 6.07. The number of aliphatic imine (C=N–C) groups is 1. The van der Waals surface area contributed by atoms with Crippen molar-refractivity contribution in [3.63, 3.8) is 0 Å². The molecule has 3 aliphatic rings. The fourth-order valence-corrected chi connectivity index (χ4v) is 3.29. The highest BCUT2D eigenvalue weighted by Gasteiger charge is 2.64. The number of hydrogen-bond donors (Lipinski definition) is 1. The van der Waals surface area contributed by atoms with Crippen LogP contribution in [0.2, 0.25) is 0 Å². The summed E-state index contributed by atoms with van der Waals surface area (Å²) in [5.74, 6) is 0.689. The van der Waals surface area contributed by atoms with Gasteiger partial charge in [0.25, 0.3) is 0 Å². The van der Waals surface area contributed by atoms with Crippen molar-refractivity contribution in [2.24, 2.45) is 10.9 Å². The molecule has 0 aromatic rings. The third-order valence-electron chi connectivity index (χ3n) is 3.46. The van der Waals surface area contributed by atoms with E-state index in [9.17, 15) is 13.2 Å². The molecule has 1 aliphatic heterocycles. The zero-order valence-electron chi connectivity index (χ0n) is 8.68. The van der Waals surface area contributed by atoms with Crippen molar-refractivity contribution in [1.29, 1.82) is 0 Å². The van der Waals surface area contributed by atoms with E-state index >= 15 is 0 Å². The van der Waals surface area contributed by atoms with Crippen LogP contribution in [-0.4, -0.2) is 28.7 Å². The quantitative estimate of drug-likeness (QED) is 0.814. The van der Waals surface area contributed by atoms with E-state index in [0.717, 1.165) is 0 Å². The molecule has 16 heavy (non-hydrogen) atoms. The first-order valence-electron chi connectivity index (χ1n) is 5.56. The number of amidine groups is 1. The van der Waals surface area contributed by atoms with Crippen molar-refractivity contribution >= 4 is 16.9 Å². The zero-order chi connectivity index (χ0) is 11.4. The van der Waals surface area contributed by atoms with Gasteiger partial charge in [0.05, 0.1) is 6.54 Å². The summed E-state index contributed by atoms with van der Waals surface area (Å²) in [4.78, 5) is 4.19. The Morgan fingerprint density at radius 2 is 2.00 bits per heavy atom. The third kappa shape index (κ3) is 1.81. The average Bonchev–Trinajstić information content (AvgIpc) is 3.05. The molecule has 0 aromatic heterocycles. The number of rotatable bonds is 2. The molecule has 2 fully saturated rings. The summed E-state index contributed by atoms with van der Waals surface area (Å²) in [5, 5.41) is 3.54. The molecule has 1 N–H and O–H groups in total. The van der Waals surface area contributed by atoms with Crippen molar-refractivity contribution < 1.29 is 13.2 Å².